The lowest BCUT2D eigenvalue weighted by Crippen LogP contribution is -2.29. The topological polar surface area (TPSA) is 43.8 Å². The van der Waals surface area contributed by atoms with Crippen molar-refractivity contribution in [3.63, 3.8) is 0 Å². The molecule has 1 N–H and O–H groups in total. The van der Waals surface area contributed by atoms with Crippen LogP contribution in [0.3, 0.4) is 0 Å². The molecular formula is C18H20N2O2. The summed E-state index contributed by atoms with van der Waals surface area (Å²) in [6.07, 6.45) is 0. The van der Waals surface area contributed by atoms with Crippen LogP contribution in [0.4, 0.5) is 5.69 Å². The van der Waals surface area contributed by atoms with Gasteiger partial charge in [0.1, 0.15) is 0 Å². The number of rotatable bonds is 3. The Morgan fingerprint density at radius 2 is 1.95 bits per heavy atom. The number of fused-ring (bicyclic) bond motifs is 1. The number of hydrogen-bond acceptors (Lipinski definition) is 3. The minimum atomic E-state index is -0.877. The van der Waals surface area contributed by atoms with Gasteiger partial charge in [0, 0.05) is 31.9 Å². The first-order chi connectivity index (χ1) is 10.6. The predicted octanol–water partition coefficient (Wildman–Crippen LogP) is 2.84. The maximum atomic E-state index is 11.1. The Hall–Kier alpha value is -2.33. The molecule has 4 heteroatoms. The van der Waals surface area contributed by atoms with Gasteiger partial charge >= 0.3 is 5.97 Å². The second kappa shape index (κ2) is 6.20. The smallest absolute Gasteiger partial charge is 0.335 e. The van der Waals surface area contributed by atoms with Gasteiger partial charge in [-0.05, 0) is 36.4 Å². The predicted molar refractivity (Wildman–Crippen MR) is 87.2 cm³/mol. The second-order valence-corrected chi connectivity index (χ2v) is 5.79. The highest BCUT2D eigenvalue weighted by Gasteiger charge is 2.17. The summed E-state index contributed by atoms with van der Waals surface area (Å²) in [5.74, 6) is -0.877. The third kappa shape index (κ3) is 3.12. The highest BCUT2D eigenvalue weighted by Crippen LogP contribution is 2.26. The van der Waals surface area contributed by atoms with Gasteiger partial charge in [-0.15, -0.1) is 0 Å². The summed E-state index contributed by atoms with van der Waals surface area (Å²) in [5, 5.41) is 9.13. The van der Waals surface area contributed by atoms with Crippen LogP contribution in [0.25, 0.3) is 0 Å². The van der Waals surface area contributed by atoms with E-state index in [-0.39, 0.29) is 0 Å². The van der Waals surface area contributed by atoms with E-state index in [2.05, 4.69) is 41.1 Å². The van der Waals surface area contributed by atoms with Gasteiger partial charge in [-0.25, -0.2) is 4.79 Å². The van der Waals surface area contributed by atoms with E-state index in [1.54, 1.807) is 12.1 Å². The summed E-state index contributed by atoms with van der Waals surface area (Å²) >= 11 is 0. The summed E-state index contributed by atoms with van der Waals surface area (Å²) < 4.78 is 0. The molecule has 0 atom stereocenters. The van der Waals surface area contributed by atoms with Crippen LogP contribution in [0.1, 0.15) is 21.5 Å². The zero-order valence-corrected chi connectivity index (χ0v) is 12.7. The van der Waals surface area contributed by atoms with Crippen molar-refractivity contribution in [2.24, 2.45) is 0 Å². The molecule has 1 heterocycles. The average Bonchev–Trinajstić information content (AvgIpc) is 2.67. The lowest BCUT2D eigenvalue weighted by Gasteiger charge is -2.25. The number of nitrogens with zero attached hydrogens (tertiary/aromatic N) is 2. The highest BCUT2D eigenvalue weighted by molar-refractivity contribution is 5.87. The quantitative estimate of drug-likeness (QED) is 0.946. The minimum Gasteiger partial charge on any atom is -0.478 e. The molecule has 2 aromatic carbocycles. The molecule has 0 saturated carbocycles. The Balaban J connectivity index is 1.89. The molecule has 1 aliphatic heterocycles. The first-order valence-corrected chi connectivity index (χ1v) is 7.47. The zero-order valence-electron chi connectivity index (χ0n) is 12.7. The van der Waals surface area contributed by atoms with Crippen molar-refractivity contribution in [3.8, 4) is 0 Å². The van der Waals surface area contributed by atoms with Crippen LogP contribution in [0.2, 0.25) is 0 Å². The van der Waals surface area contributed by atoms with Gasteiger partial charge in [0.25, 0.3) is 0 Å². The largest absolute Gasteiger partial charge is 0.478 e. The van der Waals surface area contributed by atoms with Crippen LogP contribution in [-0.4, -0.2) is 36.1 Å². The van der Waals surface area contributed by atoms with E-state index in [0.29, 0.717) is 5.56 Å². The van der Waals surface area contributed by atoms with Crippen LogP contribution in [0.5, 0.6) is 0 Å². The van der Waals surface area contributed by atoms with Crippen molar-refractivity contribution < 1.29 is 9.90 Å². The first kappa shape index (κ1) is 14.6. The Morgan fingerprint density at radius 3 is 2.77 bits per heavy atom. The molecule has 0 fully saturated rings. The van der Waals surface area contributed by atoms with Gasteiger partial charge in [0.15, 0.2) is 0 Å². The van der Waals surface area contributed by atoms with E-state index in [1.165, 1.54) is 11.3 Å². The summed E-state index contributed by atoms with van der Waals surface area (Å²) in [6, 6.07) is 15.6. The zero-order chi connectivity index (χ0) is 15.5. The maximum absolute atomic E-state index is 11.1. The number of benzene rings is 2. The van der Waals surface area contributed by atoms with Crippen LogP contribution in [-0.2, 0) is 13.1 Å². The fourth-order valence-corrected chi connectivity index (χ4v) is 2.92. The summed E-state index contributed by atoms with van der Waals surface area (Å²) in [5.41, 5.74) is 3.93. The Kier molecular flexibility index (Phi) is 4.11. The molecule has 3 rings (SSSR count). The minimum absolute atomic E-state index is 0.345. The van der Waals surface area contributed by atoms with Crippen molar-refractivity contribution in [1.82, 2.24) is 4.90 Å². The number of para-hydroxylation sites is 1. The first-order valence-electron chi connectivity index (χ1n) is 7.47. The molecule has 1 aliphatic rings. The summed E-state index contributed by atoms with van der Waals surface area (Å²) in [7, 11) is 2.13. The number of aromatic carboxylic acids is 1. The highest BCUT2D eigenvalue weighted by atomic mass is 16.4. The number of anilines is 1. The molecule has 2 aromatic rings. The van der Waals surface area contributed by atoms with E-state index in [4.69, 9.17) is 5.11 Å². The van der Waals surface area contributed by atoms with E-state index >= 15 is 0 Å². The van der Waals surface area contributed by atoms with Gasteiger partial charge in [0.2, 0.25) is 0 Å². The van der Waals surface area contributed by atoms with Crippen LogP contribution < -0.4 is 4.90 Å². The van der Waals surface area contributed by atoms with Crippen LogP contribution >= 0.6 is 0 Å². The molecule has 0 unspecified atom stereocenters. The van der Waals surface area contributed by atoms with Crippen molar-refractivity contribution >= 4 is 11.7 Å². The molecule has 0 spiro atoms. The standard InChI is InChI=1S/C18H20N2O2/c1-19-9-10-20(17-8-3-2-6-16(17)13-19)12-14-5-4-7-15(11-14)18(21)22/h2-8,11H,9-10,12-13H2,1H3,(H,21,22). The molecule has 0 bridgehead atoms. The third-order valence-electron chi connectivity index (χ3n) is 4.07. The van der Waals surface area contributed by atoms with Gasteiger partial charge in [0.05, 0.1) is 5.56 Å². The van der Waals surface area contributed by atoms with Gasteiger partial charge in [-0.3, -0.25) is 0 Å². The van der Waals surface area contributed by atoms with Crippen LogP contribution in [0.15, 0.2) is 48.5 Å². The van der Waals surface area contributed by atoms with E-state index < -0.39 is 5.97 Å². The summed E-state index contributed by atoms with van der Waals surface area (Å²) in [4.78, 5) is 15.8. The fraction of sp³-hybridized carbons (Fsp3) is 0.278. The third-order valence-corrected chi connectivity index (χ3v) is 4.07. The number of carboxylic acids is 1. The molecule has 0 aromatic heterocycles. The molecule has 0 amide bonds. The Labute approximate surface area is 130 Å². The monoisotopic (exact) mass is 296 g/mol. The van der Waals surface area contributed by atoms with Crippen molar-refractivity contribution in [2.75, 3.05) is 25.0 Å². The van der Waals surface area contributed by atoms with Gasteiger partial charge in [-0.1, -0.05) is 30.3 Å². The molecule has 0 aliphatic carbocycles. The number of likely N-dealkylation sites (N-methyl/N-ethyl adjacent to an activating group) is 1. The van der Waals surface area contributed by atoms with Crippen molar-refractivity contribution in [2.45, 2.75) is 13.1 Å². The lowest BCUT2D eigenvalue weighted by molar-refractivity contribution is 0.0696. The van der Waals surface area contributed by atoms with E-state index in [0.717, 1.165) is 31.7 Å². The Bertz CT molecular complexity index is 684. The number of carboxylic acid groups (broad SMARTS) is 1. The number of carbonyl (C=O) groups is 1. The normalized spacial score (nSPS) is 15.2. The molecule has 0 radical (unpaired) electrons. The van der Waals surface area contributed by atoms with Crippen LogP contribution in [0, 0.1) is 0 Å². The molecule has 0 saturated heterocycles. The van der Waals surface area contributed by atoms with Gasteiger partial charge in [-0.2, -0.15) is 0 Å². The summed E-state index contributed by atoms with van der Waals surface area (Å²) in [6.45, 7) is 3.60. The van der Waals surface area contributed by atoms with Crippen molar-refractivity contribution in [3.05, 3.63) is 65.2 Å². The SMILES string of the molecule is CN1CCN(Cc2cccc(C(=O)O)c2)c2ccccc2C1. The Morgan fingerprint density at radius 1 is 1.14 bits per heavy atom. The second-order valence-electron chi connectivity index (χ2n) is 5.79. The van der Waals surface area contributed by atoms with E-state index in [9.17, 15) is 4.79 Å². The maximum Gasteiger partial charge on any atom is 0.335 e. The average molecular weight is 296 g/mol. The molecule has 4 nitrogen and oxygen atoms in total. The van der Waals surface area contributed by atoms with Gasteiger partial charge < -0.3 is 14.9 Å². The fourth-order valence-electron chi connectivity index (χ4n) is 2.92. The lowest BCUT2D eigenvalue weighted by atomic mass is 10.1. The molecule has 114 valence electrons. The molecule has 22 heavy (non-hydrogen) atoms. The molecular weight excluding hydrogens is 276 g/mol. The van der Waals surface area contributed by atoms with E-state index in [1.807, 2.05) is 12.1 Å². The number of hydrogen-bond donors (Lipinski definition) is 1. The van der Waals surface area contributed by atoms with Crippen molar-refractivity contribution in [1.29, 1.82) is 0 Å².